The van der Waals surface area contributed by atoms with E-state index in [1.54, 1.807) is 0 Å². The second-order valence-corrected chi connectivity index (χ2v) is 7.98. The third kappa shape index (κ3) is 4.38. The number of hydrogen-bond acceptors (Lipinski definition) is 4. The number of benzene rings is 2. The zero-order valence-corrected chi connectivity index (χ0v) is 18.2. The van der Waals surface area contributed by atoms with Gasteiger partial charge < -0.3 is 10.1 Å². The van der Waals surface area contributed by atoms with E-state index in [1.807, 2.05) is 48.9 Å². The molecule has 0 fully saturated rings. The average Bonchev–Trinajstić information content (AvgIpc) is 3.35. The molecule has 1 N–H and O–H groups in total. The maximum Gasteiger partial charge on any atom is 0.305 e. The van der Waals surface area contributed by atoms with Crippen molar-refractivity contribution in [2.75, 3.05) is 12.4 Å². The normalized spacial score (nSPS) is 12.5. The van der Waals surface area contributed by atoms with Crippen LogP contribution in [0.5, 0.6) is 0 Å². The van der Waals surface area contributed by atoms with E-state index in [2.05, 4.69) is 22.5 Å². The fourth-order valence-electron chi connectivity index (χ4n) is 4.22. The summed E-state index contributed by atoms with van der Waals surface area (Å²) >= 11 is 0. The van der Waals surface area contributed by atoms with Crippen molar-refractivity contribution in [1.29, 1.82) is 0 Å². The molecule has 160 valence electrons. The molecule has 4 rings (SSSR count). The Morgan fingerprint density at radius 1 is 1.06 bits per heavy atom. The molecule has 6 heteroatoms. The Balaban J connectivity index is 1.48. The largest absolute Gasteiger partial charge is 0.469 e. The summed E-state index contributed by atoms with van der Waals surface area (Å²) in [5, 5.41) is 7.62. The lowest BCUT2D eigenvalue weighted by Gasteiger charge is -2.09. The molecule has 1 heterocycles. The molecule has 0 unspecified atom stereocenters. The van der Waals surface area contributed by atoms with Crippen LogP contribution < -0.4 is 5.32 Å². The third-order valence-electron chi connectivity index (χ3n) is 5.98. The molecule has 2 aromatic carbocycles. The van der Waals surface area contributed by atoms with Crippen molar-refractivity contribution < 1.29 is 14.3 Å². The van der Waals surface area contributed by atoms with Crippen LogP contribution in [-0.4, -0.2) is 28.8 Å². The number of fused-ring (bicyclic) bond motifs is 1. The van der Waals surface area contributed by atoms with Crippen LogP contribution in [-0.2, 0) is 28.8 Å². The Morgan fingerprint density at radius 3 is 2.55 bits per heavy atom. The molecule has 0 atom stereocenters. The first kappa shape index (κ1) is 20.8. The molecule has 0 aliphatic heterocycles. The fourth-order valence-corrected chi connectivity index (χ4v) is 4.22. The highest BCUT2D eigenvalue weighted by Crippen LogP contribution is 2.25. The molecule has 0 spiro atoms. The average molecular weight is 418 g/mol. The SMILES string of the molecule is COC(=O)CCc1c(C)nn(-c2ccc(C(=O)Nc3ccc4c(c3)CCC4)cc2)c1C. The van der Waals surface area contributed by atoms with Crippen molar-refractivity contribution in [2.24, 2.45) is 0 Å². The molecular weight excluding hydrogens is 390 g/mol. The molecule has 3 aromatic rings. The highest BCUT2D eigenvalue weighted by molar-refractivity contribution is 6.04. The maximum atomic E-state index is 12.7. The van der Waals surface area contributed by atoms with E-state index >= 15 is 0 Å². The molecule has 1 aromatic heterocycles. The molecule has 1 amide bonds. The fraction of sp³-hybridized carbons (Fsp3) is 0.320. The quantitative estimate of drug-likeness (QED) is 0.606. The van der Waals surface area contributed by atoms with Crippen molar-refractivity contribution in [3.8, 4) is 5.69 Å². The molecule has 0 bridgehead atoms. The van der Waals surface area contributed by atoms with Gasteiger partial charge in [0.1, 0.15) is 0 Å². The van der Waals surface area contributed by atoms with Gasteiger partial charge in [0.05, 0.1) is 18.5 Å². The zero-order chi connectivity index (χ0) is 22.0. The Hall–Kier alpha value is -3.41. The zero-order valence-electron chi connectivity index (χ0n) is 18.2. The maximum absolute atomic E-state index is 12.7. The first-order chi connectivity index (χ1) is 15.0. The van der Waals surface area contributed by atoms with Crippen LogP contribution in [0.25, 0.3) is 5.69 Å². The van der Waals surface area contributed by atoms with Crippen molar-refractivity contribution in [2.45, 2.75) is 46.0 Å². The van der Waals surface area contributed by atoms with Crippen LogP contribution in [0, 0.1) is 13.8 Å². The summed E-state index contributed by atoms with van der Waals surface area (Å²) in [6.45, 7) is 3.93. The highest BCUT2D eigenvalue weighted by atomic mass is 16.5. The number of carbonyl (C=O) groups is 2. The Bertz CT molecular complexity index is 1130. The van der Waals surface area contributed by atoms with E-state index in [4.69, 9.17) is 4.74 Å². The van der Waals surface area contributed by atoms with E-state index in [-0.39, 0.29) is 11.9 Å². The lowest BCUT2D eigenvalue weighted by atomic mass is 10.1. The van der Waals surface area contributed by atoms with Crippen molar-refractivity contribution >= 4 is 17.6 Å². The Morgan fingerprint density at radius 2 is 1.81 bits per heavy atom. The van der Waals surface area contributed by atoms with Gasteiger partial charge in [-0.1, -0.05) is 6.07 Å². The molecule has 31 heavy (non-hydrogen) atoms. The van der Waals surface area contributed by atoms with Crippen molar-refractivity contribution in [1.82, 2.24) is 9.78 Å². The molecule has 0 saturated carbocycles. The molecule has 1 aliphatic carbocycles. The standard InChI is InChI=1S/C25H27N3O3/c1-16-23(13-14-24(29)31-3)17(2)28(27-16)22-11-8-19(9-12-22)25(30)26-21-10-7-18-5-4-6-20(18)15-21/h7-12,15H,4-6,13-14H2,1-3H3,(H,26,30). The minimum atomic E-state index is -0.231. The molecule has 6 nitrogen and oxygen atoms in total. The summed E-state index contributed by atoms with van der Waals surface area (Å²) in [4.78, 5) is 24.2. The van der Waals surface area contributed by atoms with Crippen LogP contribution in [0.4, 0.5) is 5.69 Å². The molecule has 0 radical (unpaired) electrons. The van der Waals surface area contributed by atoms with Crippen LogP contribution in [0.3, 0.4) is 0 Å². The van der Waals surface area contributed by atoms with Crippen LogP contribution in [0.1, 0.15) is 51.3 Å². The second kappa shape index (κ2) is 8.76. The van der Waals surface area contributed by atoms with E-state index in [0.29, 0.717) is 18.4 Å². The second-order valence-electron chi connectivity index (χ2n) is 7.98. The number of aryl methyl sites for hydroxylation is 3. The number of rotatable bonds is 6. The highest BCUT2D eigenvalue weighted by Gasteiger charge is 2.16. The topological polar surface area (TPSA) is 73.2 Å². The number of ether oxygens (including phenoxy) is 1. The van der Waals surface area contributed by atoms with Gasteiger partial charge in [0.2, 0.25) is 0 Å². The summed E-state index contributed by atoms with van der Waals surface area (Å²) in [6.07, 6.45) is 4.31. The smallest absolute Gasteiger partial charge is 0.305 e. The molecular formula is C25H27N3O3. The van der Waals surface area contributed by atoms with Crippen molar-refractivity contribution in [3.05, 3.63) is 76.1 Å². The van der Waals surface area contributed by atoms with Crippen LogP contribution >= 0.6 is 0 Å². The summed E-state index contributed by atoms with van der Waals surface area (Å²) in [5.74, 6) is -0.359. The molecule has 1 aliphatic rings. The van der Waals surface area contributed by atoms with E-state index in [1.165, 1.54) is 24.7 Å². The minimum Gasteiger partial charge on any atom is -0.469 e. The minimum absolute atomic E-state index is 0.128. The summed E-state index contributed by atoms with van der Waals surface area (Å²) in [6, 6.07) is 13.6. The number of aromatic nitrogens is 2. The first-order valence-electron chi connectivity index (χ1n) is 10.6. The van der Waals surface area contributed by atoms with Gasteiger partial charge >= 0.3 is 5.97 Å². The number of carbonyl (C=O) groups excluding carboxylic acids is 2. The Kier molecular flexibility index (Phi) is 5.89. The van der Waals surface area contributed by atoms with E-state index in [9.17, 15) is 9.59 Å². The van der Waals surface area contributed by atoms with Gasteiger partial charge in [0.25, 0.3) is 5.91 Å². The van der Waals surface area contributed by atoms with Crippen LogP contribution in [0.15, 0.2) is 42.5 Å². The first-order valence-corrected chi connectivity index (χ1v) is 10.6. The number of anilines is 1. The number of nitrogens with zero attached hydrogens (tertiary/aromatic N) is 2. The van der Waals surface area contributed by atoms with Gasteiger partial charge in [-0.25, -0.2) is 4.68 Å². The van der Waals surface area contributed by atoms with Gasteiger partial charge in [0, 0.05) is 23.4 Å². The third-order valence-corrected chi connectivity index (χ3v) is 5.98. The predicted molar refractivity (Wildman–Crippen MR) is 120 cm³/mol. The van der Waals surface area contributed by atoms with Gasteiger partial charge in [-0.3, -0.25) is 9.59 Å². The van der Waals surface area contributed by atoms with Gasteiger partial charge in [-0.15, -0.1) is 0 Å². The van der Waals surface area contributed by atoms with Crippen LogP contribution in [0.2, 0.25) is 0 Å². The number of esters is 1. The Labute approximate surface area is 182 Å². The number of methoxy groups -OCH3 is 1. The summed E-state index contributed by atoms with van der Waals surface area (Å²) in [7, 11) is 1.40. The number of hydrogen-bond donors (Lipinski definition) is 1. The van der Waals surface area contributed by atoms with Gasteiger partial charge in [-0.05, 0) is 92.6 Å². The lowest BCUT2D eigenvalue weighted by Crippen LogP contribution is -2.12. The van der Waals surface area contributed by atoms with Crippen molar-refractivity contribution in [3.63, 3.8) is 0 Å². The monoisotopic (exact) mass is 417 g/mol. The van der Waals surface area contributed by atoms with E-state index < -0.39 is 0 Å². The van der Waals surface area contributed by atoms with E-state index in [0.717, 1.165) is 41.2 Å². The molecule has 0 saturated heterocycles. The number of amides is 1. The number of nitrogens with one attached hydrogen (secondary N) is 1. The van der Waals surface area contributed by atoms with Gasteiger partial charge in [-0.2, -0.15) is 5.10 Å². The summed E-state index contributed by atoms with van der Waals surface area (Å²) < 4.78 is 6.59. The summed E-state index contributed by atoms with van der Waals surface area (Å²) in [5.41, 5.74) is 7.94. The predicted octanol–water partition coefficient (Wildman–Crippen LogP) is 4.34. The lowest BCUT2D eigenvalue weighted by molar-refractivity contribution is -0.140. The van der Waals surface area contributed by atoms with Gasteiger partial charge in [0.15, 0.2) is 0 Å².